The van der Waals surface area contributed by atoms with Crippen molar-refractivity contribution in [1.82, 2.24) is 15.2 Å². The van der Waals surface area contributed by atoms with Gasteiger partial charge in [0.1, 0.15) is 0 Å². The zero-order valence-electron chi connectivity index (χ0n) is 8.96. The van der Waals surface area contributed by atoms with E-state index in [-0.39, 0.29) is 37.4 Å². The van der Waals surface area contributed by atoms with E-state index in [1.807, 2.05) is 12.1 Å². The van der Waals surface area contributed by atoms with Crippen molar-refractivity contribution >= 4 is 11.7 Å². The summed E-state index contributed by atoms with van der Waals surface area (Å²) >= 11 is 0. The number of nitriles is 2. The van der Waals surface area contributed by atoms with Gasteiger partial charge in [-0.05, 0) is 10.3 Å². The Bertz CT molecular complexity index is 451. The van der Waals surface area contributed by atoms with Crippen LogP contribution in [-0.2, 0) is 0 Å². The smallest absolute Gasteiger partial charge is 0.280 e. The fourth-order valence-electron chi connectivity index (χ4n) is 1.18. The standard InChI is InChI=1S/C9H10N6O2/c10-3-1-5-15(6-2-4-11)9(16)7-8(12)14-17-13-7/h1-2,5-6H2,(H2,12,14). The van der Waals surface area contributed by atoms with Crippen LogP contribution in [-0.4, -0.2) is 34.2 Å². The third-order valence-electron chi connectivity index (χ3n) is 1.99. The molecule has 0 radical (unpaired) electrons. The maximum absolute atomic E-state index is 11.9. The van der Waals surface area contributed by atoms with Crippen LogP contribution in [0.3, 0.4) is 0 Å². The van der Waals surface area contributed by atoms with Gasteiger partial charge in [-0.1, -0.05) is 0 Å². The molecule has 1 aromatic rings. The van der Waals surface area contributed by atoms with E-state index in [4.69, 9.17) is 16.3 Å². The van der Waals surface area contributed by atoms with Gasteiger partial charge in [-0.2, -0.15) is 10.5 Å². The SMILES string of the molecule is N#CCCN(CCC#N)C(=O)c1nonc1N. The molecule has 0 bridgehead atoms. The second-order valence-corrected chi connectivity index (χ2v) is 3.11. The van der Waals surface area contributed by atoms with Crippen molar-refractivity contribution in [3.63, 3.8) is 0 Å². The molecule has 0 saturated carbocycles. The van der Waals surface area contributed by atoms with Crippen LogP contribution in [0.4, 0.5) is 5.82 Å². The minimum absolute atomic E-state index is 0.0964. The predicted molar refractivity (Wildman–Crippen MR) is 55.1 cm³/mol. The number of hydrogen-bond acceptors (Lipinski definition) is 7. The van der Waals surface area contributed by atoms with E-state index >= 15 is 0 Å². The molecule has 1 rings (SSSR count). The Kier molecular flexibility index (Phi) is 4.45. The van der Waals surface area contributed by atoms with E-state index in [0.717, 1.165) is 0 Å². The third-order valence-corrected chi connectivity index (χ3v) is 1.99. The number of carbonyl (C=O) groups excluding carboxylic acids is 1. The van der Waals surface area contributed by atoms with Crippen LogP contribution in [0.1, 0.15) is 23.3 Å². The Labute approximate surface area is 97.2 Å². The number of nitrogen functional groups attached to an aromatic ring is 1. The van der Waals surface area contributed by atoms with Crippen molar-refractivity contribution in [2.45, 2.75) is 12.8 Å². The Hall–Kier alpha value is -2.61. The molecule has 0 saturated heterocycles. The van der Waals surface area contributed by atoms with Crippen LogP contribution >= 0.6 is 0 Å². The molecule has 2 N–H and O–H groups in total. The molecule has 0 unspecified atom stereocenters. The summed E-state index contributed by atoms with van der Waals surface area (Å²) < 4.78 is 4.32. The highest BCUT2D eigenvalue weighted by molar-refractivity contribution is 5.96. The number of anilines is 1. The molecule has 1 heterocycles. The van der Waals surface area contributed by atoms with Gasteiger partial charge in [0, 0.05) is 13.1 Å². The van der Waals surface area contributed by atoms with Gasteiger partial charge in [0.2, 0.25) is 11.5 Å². The number of rotatable bonds is 5. The van der Waals surface area contributed by atoms with Crippen molar-refractivity contribution in [2.75, 3.05) is 18.8 Å². The molecule has 8 heteroatoms. The zero-order valence-corrected chi connectivity index (χ0v) is 8.96. The molecule has 0 aliphatic carbocycles. The van der Waals surface area contributed by atoms with Crippen molar-refractivity contribution < 1.29 is 9.42 Å². The molecule has 1 aromatic heterocycles. The summed E-state index contributed by atoms with van der Waals surface area (Å²) in [6, 6.07) is 3.84. The first-order valence-corrected chi connectivity index (χ1v) is 4.82. The van der Waals surface area contributed by atoms with E-state index in [1.54, 1.807) is 0 Å². The molecule has 0 aliphatic rings. The highest BCUT2D eigenvalue weighted by Crippen LogP contribution is 2.09. The summed E-state index contributed by atoms with van der Waals surface area (Å²) in [5, 5.41) is 23.6. The summed E-state index contributed by atoms with van der Waals surface area (Å²) in [4.78, 5) is 13.2. The first-order valence-electron chi connectivity index (χ1n) is 4.82. The first-order chi connectivity index (χ1) is 8.20. The largest absolute Gasteiger partial charge is 0.379 e. The lowest BCUT2D eigenvalue weighted by molar-refractivity contribution is 0.0752. The van der Waals surface area contributed by atoms with Crippen LogP contribution in [0.2, 0.25) is 0 Å². The molecular formula is C9H10N6O2. The monoisotopic (exact) mass is 234 g/mol. The second kappa shape index (κ2) is 6.08. The summed E-state index contributed by atoms with van der Waals surface area (Å²) in [7, 11) is 0. The van der Waals surface area contributed by atoms with E-state index in [9.17, 15) is 4.79 Å². The Morgan fingerprint density at radius 1 is 1.29 bits per heavy atom. The lowest BCUT2D eigenvalue weighted by atomic mass is 10.3. The van der Waals surface area contributed by atoms with Gasteiger partial charge in [-0.3, -0.25) is 4.79 Å². The predicted octanol–water partition coefficient (Wildman–Crippen LogP) is -0.0786. The fourth-order valence-corrected chi connectivity index (χ4v) is 1.18. The molecule has 17 heavy (non-hydrogen) atoms. The van der Waals surface area contributed by atoms with Gasteiger partial charge in [0.25, 0.3) is 5.91 Å². The number of amides is 1. The Morgan fingerprint density at radius 2 is 1.88 bits per heavy atom. The quantitative estimate of drug-likeness (QED) is 0.753. The highest BCUT2D eigenvalue weighted by Gasteiger charge is 2.22. The van der Waals surface area contributed by atoms with Crippen LogP contribution in [0.15, 0.2) is 4.63 Å². The first kappa shape index (κ1) is 12.5. The maximum atomic E-state index is 11.9. The average Bonchev–Trinajstić information content (AvgIpc) is 2.75. The normalized spacial score (nSPS) is 9.29. The molecule has 0 atom stereocenters. The number of carbonyl (C=O) groups is 1. The minimum atomic E-state index is -0.491. The molecular weight excluding hydrogens is 224 g/mol. The van der Waals surface area contributed by atoms with Crippen molar-refractivity contribution in [3.8, 4) is 12.1 Å². The van der Waals surface area contributed by atoms with Gasteiger partial charge in [0.05, 0.1) is 25.0 Å². The lowest BCUT2D eigenvalue weighted by Crippen LogP contribution is -2.33. The molecule has 0 aliphatic heterocycles. The third kappa shape index (κ3) is 3.18. The van der Waals surface area contributed by atoms with Crippen molar-refractivity contribution in [2.24, 2.45) is 0 Å². The number of nitrogens with two attached hydrogens (primary N) is 1. The molecule has 0 aromatic carbocycles. The van der Waals surface area contributed by atoms with Crippen molar-refractivity contribution in [1.29, 1.82) is 10.5 Å². The van der Waals surface area contributed by atoms with E-state index < -0.39 is 5.91 Å². The van der Waals surface area contributed by atoms with Crippen LogP contribution in [0, 0.1) is 22.7 Å². The van der Waals surface area contributed by atoms with Crippen molar-refractivity contribution in [3.05, 3.63) is 5.69 Å². The maximum Gasteiger partial charge on any atom is 0.280 e. The molecule has 0 fully saturated rings. The van der Waals surface area contributed by atoms with Gasteiger partial charge < -0.3 is 10.6 Å². The summed E-state index contributed by atoms with van der Waals surface area (Å²) in [5.74, 6) is -0.594. The summed E-state index contributed by atoms with van der Waals surface area (Å²) in [5.41, 5.74) is 5.30. The highest BCUT2D eigenvalue weighted by atomic mass is 16.6. The van der Waals surface area contributed by atoms with E-state index in [0.29, 0.717) is 0 Å². The average molecular weight is 234 g/mol. The zero-order chi connectivity index (χ0) is 12.7. The molecule has 1 amide bonds. The van der Waals surface area contributed by atoms with Crippen LogP contribution in [0.5, 0.6) is 0 Å². The van der Waals surface area contributed by atoms with Gasteiger partial charge in [-0.25, -0.2) is 4.63 Å². The molecule has 8 nitrogen and oxygen atoms in total. The van der Waals surface area contributed by atoms with Gasteiger partial charge in [-0.15, -0.1) is 0 Å². The Balaban J connectivity index is 2.76. The Morgan fingerprint density at radius 3 is 2.29 bits per heavy atom. The second-order valence-electron chi connectivity index (χ2n) is 3.11. The fraction of sp³-hybridized carbons (Fsp3) is 0.444. The summed E-state index contributed by atoms with van der Waals surface area (Å²) in [6.45, 7) is 0.423. The van der Waals surface area contributed by atoms with E-state index in [2.05, 4.69) is 14.9 Å². The molecule has 88 valence electrons. The van der Waals surface area contributed by atoms with Gasteiger partial charge >= 0.3 is 0 Å². The minimum Gasteiger partial charge on any atom is -0.379 e. The topological polar surface area (TPSA) is 133 Å². The summed E-state index contributed by atoms with van der Waals surface area (Å²) in [6.07, 6.45) is 0.338. The van der Waals surface area contributed by atoms with Crippen LogP contribution < -0.4 is 5.73 Å². The number of nitrogens with zero attached hydrogens (tertiary/aromatic N) is 5. The number of hydrogen-bond donors (Lipinski definition) is 1. The number of aromatic nitrogens is 2. The van der Waals surface area contributed by atoms with E-state index in [1.165, 1.54) is 4.90 Å². The van der Waals surface area contributed by atoms with Crippen LogP contribution in [0.25, 0.3) is 0 Å². The molecule has 0 spiro atoms. The van der Waals surface area contributed by atoms with Gasteiger partial charge in [0.15, 0.2) is 0 Å². The lowest BCUT2D eigenvalue weighted by Gasteiger charge is -2.18.